The van der Waals surface area contributed by atoms with E-state index in [1.165, 1.54) is 0 Å². The first-order valence-electron chi connectivity index (χ1n) is 5.39. The lowest BCUT2D eigenvalue weighted by atomic mass is 10.2. The number of nitrogens with zero attached hydrogens (tertiary/aromatic N) is 2. The van der Waals surface area contributed by atoms with Crippen molar-refractivity contribution < 1.29 is 23.5 Å². The summed E-state index contributed by atoms with van der Waals surface area (Å²) in [6, 6.07) is 1.74. The van der Waals surface area contributed by atoms with Gasteiger partial charge in [-0.1, -0.05) is 6.92 Å². The van der Waals surface area contributed by atoms with Gasteiger partial charge in [-0.3, -0.25) is 0 Å². The fourth-order valence-corrected chi connectivity index (χ4v) is 1.45. The molecule has 2 aromatic heterocycles. The minimum Gasteiger partial charge on any atom is -0.480 e. The average molecular weight is 252 g/mol. The molecule has 0 radical (unpaired) electrons. The molecule has 0 aliphatic carbocycles. The summed E-state index contributed by atoms with van der Waals surface area (Å²) in [5.41, 5.74) is 0.745. The van der Waals surface area contributed by atoms with Gasteiger partial charge in [0, 0.05) is 6.42 Å². The standard InChI is InChI=1S/C11H12N2O5/c1-2-8-7(3-4-17-8)11-13-12-9(18-11)5-16-6-10(14)15/h3-4H,2,5-6H2,1H3,(H,14,15). The maximum absolute atomic E-state index is 10.3. The van der Waals surface area contributed by atoms with E-state index in [0.29, 0.717) is 5.89 Å². The molecular formula is C11H12N2O5. The summed E-state index contributed by atoms with van der Waals surface area (Å²) in [7, 11) is 0. The SMILES string of the molecule is CCc1occc1-c1nnc(COCC(=O)O)o1. The summed E-state index contributed by atoms with van der Waals surface area (Å²) in [6.07, 6.45) is 2.27. The highest BCUT2D eigenvalue weighted by Gasteiger charge is 2.14. The number of hydrogen-bond acceptors (Lipinski definition) is 6. The molecule has 0 aliphatic rings. The van der Waals surface area contributed by atoms with Crippen molar-refractivity contribution >= 4 is 5.97 Å². The molecule has 7 nitrogen and oxygen atoms in total. The van der Waals surface area contributed by atoms with Crippen LogP contribution in [-0.2, 0) is 22.6 Å². The van der Waals surface area contributed by atoms with Gasteiger partial charge >= 0.3 is 5.97 Å². The Morgan fingerprint density at radius 2 is 2.33 bits per heavy atom. The van der Waals surface area contributed by atoms with Crippen molar-refractivity contribution in [3.63, 3.8) is 0 Å². The van der Waals surface area contributed by atoms with Crippen LogP contribution in [0.1, 0.15) is 18.6 Å². The molecule has 18 heavy (non-hydrogen) atoms. The summed E-state index contributed by atoms with van der Waals surface area (Å²) >= 11 is 0. The Bertz CT molecular complexity index is 531. The molecule has 0 aromatic carbocycles. The summed E-state index contributed by atoms with van der Waals surface area (Å²) in [6.45, 7) is 1.53. The number of furan rings is 1. The van der Waals surface area contributed by atoms with E-state index in [9.17, 15) is 4.79 Å². The van der Waals surface area contributed by atoms with E-state index in [1.54, 1.807) is 12.3 Å². The predicted octanol–water partition coefficient (Wildman–Crippen LogP) is 1.49. The van der Waals surface area contributed by atoms with Crippen molar-refractivity contribution in [3.8, 4) is 11.5 Å². The molecule has 2 heterocycles. The first-order valence-corrected chi connectivity index (χ1v) is 5.39. The Hall–Kier alpha value is -2.15. The van der Waals surface area contributed by atoms with Crippen LogP contribution in [0, 0.1) is 0 Å². The van der Waals surface area contributed by atoms with Crippen LogP contribution in [0.15, 0.2) is 21.2 Å². The van der Waals surface area contributed by atoms with Gasteiger partial charge < -0.3 is 18.7 Å². The molecule has 0 saturated heterocycles. The van der Waals surface area contributed by atoms with Gasteiger partial charge in [0.05, 0.1) is 11.8 Å². The Labute approximate surface area is 102 Å². The van der Waals surface area contributed by atoms with Crippen molar-refractivity contribution in [2.45, 2.75) is 20.0 Å². The van der Waals surface area contributed by atoms with Crippen molar-refractivity contribution in [1.82, 2.24) is 10.2 Å². The van der Waals surface area contributed by atoms with Crippen molar-refractivity contribution in [3.05, 3.63) is 24.0 Å². The molecule has 2 rings (SSSR count). The molecular weight excluding hydrogens is 240 g/mol. The van der Waals surface area contributed by atoms with Crippen molar-refractivity contribution in [1.29, 1.82) is 0 Å². The number of aromatic nitrogens is 2. The van der Waals surface area contributed by atoms with Gasteiger partial charge in [-0.05, 0) is 6.07 Å². The summed E-state index contributed by atoms with van der Waals surface area (Å²) in [5.74, 6) is 0.290. The van der Waals surface area contributed by atoms with Crippen LogP contribution in [0.25, 0.3) is 11.5 Å². The van der Waals surface area contributed by atoms with Crippen LogP contribution in [0.4, 0.5) is 0 Å². The number of aryl methyl sites for hydroxylation is 1. The highest BCUT2D eigenvalue weighted by molar-refractivity contribution is 5.67. The quantitative estimate of drug-likeness (QED) is 0.831. The van der Waals surface area contributed by atoms with E-state index in [2.05, 4.69) is 10.2 Å². The Morgan fingerprint density at radius 1 is 1.50 bits per heavy atom. The highest BCUT2D eigenvalue weighted by atomic mass is 16.5. The molecule has 0 bridgehead atoms. The second kappa shape index (κ2) is 5.46. The molecule has 7 heteroatoms. The predicted molar refractivity (Wildman–Crippen MR) is 58.7 cm³/mol. The lowest BCUT2D eigenvalue weighted by Crippen LogP contribution is -2.06. The van der Waals surface area contributed by atoms with E-state index in [-0.39, 0.29) is 12.5 Å². The fourth-order valence-electron chi connectivity index (χ4n) is 1.45. The van der Waals surface area contributed by atoms with Gasteiger partial charge in [-0.2, -0.15) is 0 Å². The fraction of sp³-hybridized carbons (Fsp3) is 0.364. The Balaban J connectivity index is 2.04. The largest absolute Gasteiger partial charge is 0.480 e. The summed E-state index contributed by atoms with van der Waals surface area (Å²) < 4.78 is 15.5. The molecule has 0 amide bonds. The molecule has 0 atom stereocenters. The van der Waals surface area contributed by atoms with Crippen LogP contribution in [0.3, 0.4) is 0 Å². The number of hydrogen-bond donors (Lipinski definition) is 1. The van der Waals surface area contributed by atoms with Crippen LogP contribution >= 0.6 is 0 Å². The zero-order chi connectivity index (χ0) is 13.0. The van der Waals surface area contributed by atoms with Gasteiger partial charge in [0.25, 0.3) is 5.89 Å². The van der Waals surface area contributed by atoms with Gasteiger partial charge in [0.2, 0.25) is 5.89 Å². The second-order valence-corrected chi connectivity index (χ2v) is 3.50. The summed E-state index contributed by atoms with van der Waals surface area (Å²) in [4.78, 5) is 10.3. The zero-order valence-corrected chi connectivity index (χ0v) is 9.75. The molecule has 0 unspecified atom stereocenters. The first-order chi connectivity index (χ1) is 8.70. The number of carboxylic acid groups (broad SMARTS) is 1. The van der Waals surface area contributed by atoms with Gasteiger partial charge in [0.15, 0.2) is 0 Å². The topological polar surface area (TPSA) is 98.6 Å². The molecule has 0 spiro atoms. The first kappa shape index (κ1) is 12.3. The average Bonchev–Trinajstić information content (AvgIpc) is 2.95. The normalized spacial score (nSPS) is 10.7. The number of aliphatic carboxylic acids is 1. The van der Waals surface area contributed by atoms with E-state index in [1.807, 2.05) is 6.92 Å². The smallest absolute Gasteiger partial charge is 0.329 e. The number of ether oxygens (including phenoxy) is 1. The van der Waals surface area contributed by atoms with Gasteiger partial charge in [0.1, 0.15) is 19.0 Å². The third-order valence-electron chi connectivity index (χ3n) is 2.21. The maximum atomic E-state index is 10.3. The Kier molecular flexibility index (Phi) is 3.73. The van der Waals surface area contributed by atoms with E-state index in [4.69, 9.17) is 18.7 Å². The maximum Gasteiger partial charge on any atom is 0.329 e. The van der Waals surface area contributed by atoms with Crippen LogP contribution in [0.5, 0.6) is 0 Å². The molecule has 0 aliphatic heterocycles. The molecule has 0 saturated carbocycles. The summed E-state index contributed by atoms with van der Waals surface area (Å²) in [5, 5.41) is 16.0. The molecule has 96 valence electrons. The van der Waals surface area contributed by atoms with Crippen molar-refractivity contribution in [2.75, 3.05) is 6.61 Å². The monoisotopic (exact) mass is 252 g/mol. The Morgan fingerprint density at radius 3 is 3.06 bits per heavy atom. The zero-order valence-electron chi connectivity index (χ0n) is 9.75. The van der Waals surface area contributed by atoms with E-state index in [0.717, 1.165) is 17.7 Å². The van der Waals surface area contributed by atoms with Crippen molar-refractivity contribution in [2.24, 2.45) is 0 Å². The van der Waals surface area contributed by atoms with Crippen LogP contribution in [0.2, 0.25) is 0 Å². The third kappa shape index (κ3) is 2.75. The van der Waals surface area contributed by atoms with Crippen LogP contribution < -0.4 is 0 Å². The molecule has 0 fully saturated rings. The molecule has 2 aromatic rings. The number of carbonyl (C=O) groups is 1. The number of rotatable bonds is 6. The van der Waals surface area contributed by atoms with Gasteiger partial charge in [-0.25, -0.2) is 4.79 Å². The second-order valence-electron chi connectivity index (χ2n) is 3.50. The minimum atomic E-state index is -1.04. The highest BCUT2D eigenvalue weighted by Crippen LogP contribution is 2.24. The lowest BCUT2D eigenvalue weighted by molar-refractivity contribution is -0.142. The lowest BCUT2D eigenvalue weighted by Gasteiger charge is -1.95. The number of carboxylic acids is 1. The minimum absolute atomic E-state index is 0.0292. The third-order valence-corrected chi connectivity index (χ3v) is 2.21. The van der Waals surface area contributed by atoms with Gasteiger partial charge in [-0.15, -0.1) is 10.2 Å². The van der Waals surface area contributed by atoms with E-state index >= 15 is 0 Å². The van der Waals surface area contributed by atoms with E-state index < -0.39 is 12.6 Å². The van der Waals surface area contributed by atoms with Crippen LogP contribution in [-0.4, -0.2) is 27.9 Å². The molecule has 1 N–H and O–H groups in total.